The number of aliphatic hydroxyl groups is 1. The molecule has 0 radical (unpaired) electrons. The molecule has 3 aliphatic heterocycles. The molecule has 3 aromatic heterocycles. The van der Waals surface area contributed by atoms with Gasteiger partial charge in [0, 0.05) is 50.2 Å². The topological polar surface area (TPSA) is 120 Å². The third-order valence-corrected chi connectivity index (χ3v) is 9.12. The van der Waals surface area contributed by atoms with Crippen molar-refractivity contribution in [3.63, 3.8) is 0 Å². The molecule has 11 nitrogen and oxygen atoms in total. The number of aromatic nitrogens is 5. The maximum atomic E-state index is 11.5. The lowest BCUT2D eigenvalue weighted by molar-refractivity contribution is -0.00241. The number of likely N-dealkylation sites (tertiary alicyclic amines) is 1. The fourth-order valence-corrected chi connectivity index (χ4v) is 6.63. The van der Waals surface area contributed by atoms with E-state index in [0.717, 1.165) is 49.6 Å². The summed E-state index contributed by atoms with van der Waals surface area (Å²) < 4.78 is 1.77. The second kappa shape index (κ2) is 12.0. The van der Waals surface area contributed by atoms with E-state index in [0.29, 0.717) is 24.2 Å². The number of hydrogen-bond acceptors (Lipinski definition) is 10. The smallest absolute Gasteiger partial charge is 0.247 e. The van der Waals surface area contributed by atoms with Crippen molar-refractivity contribution in [2.75, 3.05) is 36.9 Å². The zero-order valence-electron chi connectivity index (χ0n) is 25.3. The number of amidine groups is 1. The molecule has 11 heteroatoms. The first-order valence-corrected chi connectivity index (χ1v) is 15.6. The Morgan fingerprint density at radius 1 is 1.07 bits per heavy atom. The molecule has 1 saturated carbocycles. The van der Waals surface area contributed by atoms with Gasteiger partial charge in [-0.1, -0.05) is 36.4 Å². The quantitative estimate of drug-likeness (QED) is 0.315. The van der Waals surface area contributed by atoms with Gasteiger partial charge in [-0.25, -0.2) is 15.0 Å². The average molecular weight is 593 g/mol. The Hall–Kier alpha value is -4.35. The van der Waals surface area contributed by atoms with E-state index in [1.165, 1.54) is 24.0 Å². The Kier molecular flexibility index (Phi) is 7.73. The maximum Gasteiger partial charge on any atom is 0.247 e. The molecule has 6 heterocycles. The molecule has 228 valence electrons. The highest BCUT2D eigenvalue weighted by molar-refractivity contribution is 6.07. The molecule has 4 aromatic rings. The van der Waals surface area contributed by atoms with Gasteiger partial charge in [0.05, 0.1) is 23.5 Å². The van der Waals surface area contributed by atoms with Crippen LogP contribution in [0.1, 0.15) is 61.4 Å². The number of nitrogens with one attached hydrogen (secondary N) is 2. The maximum absolute atomic E-state index is 11.5. The number of hydrogen-bond donors (Lipinski definition) is 3. The summed E-state index contributed by atoms with van der Waals surface area (Å²) >= 11 is 0. The zero-order chi connectivity index (χ0) is 30.1. The first-order valence-electron chi connectivity index (χ1n) is 15.6. The average Bonchev–Trinajstić information content (AvgIpc) is 3.71. The lowest BCUT2D eigenvalue weighted by Gasteiger charge is -2.42. The highest BCUT2D eigenvalue weighted by atomic mass is 16.3. The monoisotopic (exact) mass is 592 g/mol. The van der Waals surface area contributed by atoms with Crippen LogP contribution in [0.2, 0.25) is 0 Å². The van der Waals surface area contributed by atoms with Crippen LogP contribution in [-0.4, -0.2) is 78.9 Å². The fourth-order valence-electron chi connectivity index (χ4n) is 6.63. The van der Waals surface area contributed by atoms with Crippen molar-refractivity contribution < 1.29 is 5.11 Å². The Morgan fingerprint density at radius 2 is 1.86 bits per heavy atom. The molecule has 0 bridgehead atoms. The van der Waals surface area contributed by atoms with Gasteiger partial charge < -0.3 is 25.5 Å². The molecule has 1 aliphatic carbocycles. The molecular weight excluding hydrogens is 552 g/mol. The van der Waals surface area contributed by atoms with E-state index in [9.17, 15) is 5.11 Å². The van der Waals surface area contributed by atoms with Crippen molar-refractivity contribution in [1.82, 2.24) is 34.9 Å². The number of benzene rings is 1. The molecule has 3 fully saturated rings. The van der Waals surface area contributed by atoms with E-state index in [1.807, 2.05) is 67.8 Å². The second-order valence-electron chi connectivity index (χ2n) is 12.0. The molecule has 3 N–H and O–H groups in total. The van der Waals surface area contributed by atoms with Crippen LogP contribution >= 0.6 is 0 Å². The molecule has 2 saturated heterocycles. The lowest BCUT2D eigenvalue weighted by Crippen LogP contribution is -2.57. The molecule has 8 rings (SSSR count). The van der Waals surface area contributed by atoms with Crippen molar-refractivity contribution in [2.24, 2.45) is 4.99 Å². The number of aryl methyl sites for hydroxylation is 1. The minimum Gasteiger partial charge on any atom is -0.386 e. The van der Waals surface area contributed by atoms with Crippen LogP contribution in [0.3, 0.4) is 0 Å². The summed E-state index contributed by atoms with van der Waals surface area (Å²) in [4.78, 5) is 23.5. The molecule has 1 aromatic carbocycles. The Bertz CT molecular complexity index is 1590. The van der Waals surface area contributed by atoms with Crippen LogP contribution in [0.25, 0.3) is 0 Å². The number of fused-ring (bicyclic) bond motifs is 2. The van der Waals surface area contributed by atoms with Gasteiger partial charge in [0.25, 0.3) is 0 Å². The van der Waals surface area contributed by atoms with Gasteiger partial charge >= 0.3 is 0 Å². The molecule has 0 spiro atoms. The number of piperidine rings is 1. The van der Waals surface area contributed by atoms with Crippen molar-refractivity contribution >= 4 is 23.3 Å². The van der Waals surface area contributed by atoms with Gasteiger partial charge in [-0.05, 0) is 62.8 Å². The molecule has 4 aliphatic rings. The normalized spacial score (nSPS) is 24.1. The third-order valence-electron chi connectivity index (χ3n) is 9.12. The summed E-state index contributed by atoms with van der Waals surface area (Å²) in [5.74, 6) is 2.72. The van der Waals surface area contributed by atoms with E-state index in [-0.39, 0.29) is 12.2 Å². The van der Waals surface area contributed by atoms with Gasteiger partial charge in [0.15, 0.2) is 0 Å². The summed E-state index contributed by atoms with van der Waals surface area (Å²) in [5, 5.41) is 22.5. The second-order valence-corrected chi connectivity index (χ2v) is 12.0. The standard InChI is InChI=1S/C27H34N10O.C6H6/c1-3-36-16-31-26(34-36)32-22-12-18(6-10-30-22)24-33-25(37-11-8-27(38)15-28-9-7-21(27)37)23-19(17-4-5-17)13-29-14-20(23)35(24)2;1-2-4-6-5-3-1/h6,10,12-14,16-17,21,24,28,38H,3-5,7-9,11,15H2,1-2H3,(H,30,32,34);1-6H/t21?,24?,27-;/m0./s1. The summed E-state index contributed by atoms with van der Waals surface area (Å²) in [7, 11) is 2.09. The van der Waals surface area contributed by atoms with Gasteiger partial charge in [0.1, 0.15) is 24.1 Å². The van der Waals surface area contributed by atoms with Crippen LogP contribution in [-0.2, 0) is 6.54 Å². The summed E-state index contributed by atoms with van der Waals surface area (Å²) in [6.07, 6.45) is 11.3. The van der Waals surface area contributed by atoms with Gasteiger partial charge in [-0.3, -0.25) is 9.67 Å². The fraction of sp³-hybridized carbons (Fsp3) is 0.424. The van der Waals surface area contributed by atoms with E-state index in [4.69, 9.17) is 4.99 Å². The summed E-state index contributed by atoms with van der Waals surface area (Å²) in [5.41, 5.74) is 3.84. The molecule has 3 atom stereocenters. The third kappa shape index (κ3) is 5.53. The van der Waals surface area contributed by atoms with E-state index >= 15 is 0 Å². The van der Waals surface area contributed by atoms with Crippen molar-refractivity contribution in [1.29, 1.82) is 0 Å². The zero-order valence-corrected chi connectivity index (χ0v) is 25.3. The number of β-amino-alcohol motifs (C(OH)–C–C–N with tert-alkyl or cyclic N) is 1. The highest BCUT2D eigenvalue weighted by Gasteiger charge is 2.50. The minimum absolute atomic E-state index is 0.0500. The number of nitrogens with zero attached hydrogens (tertiary/aromatic N) is 8. The SMILES string of the molecule is CCn1cnc(Nc2cc(C3N=C(N4CC[C@]5(O)CNCCC45)c4c(C5CC5)cncc4N3C)ccn2)n1.c1ccccc1. The Labute approximate surface area is 258 Å². The first-order chi connectivity index (χ1) is 21.5. The van der Waals surface area contributed by atoms with Crippen LogP contribution < -0.4 is 15.5 Å². The van der Waals surface area contributed by atoms with E-state index in [1.54, 1.807) is 17.2 Å². The molecule has 44 heavy (non-hydrogen) atoms. The summed E-state index contributed by atoms with van der Waals surface area (Å²) in [6, 6.07) is 16.1. The van der Waals surface area contributed by atoms with Crippen LogP contribution in [0, 0.1) is 0 Å². The van der Waals surface area contributed by atoms with Gasteiger partial charge in [-0.15, -0.1) is 5.10 Å². The van der Waals surface area contributed by atoms with Crippen LogP contribution in [0.15, 0.2) is 78.4 Å². The highest BCUT2D eigenvalue weighted by Crippen LogP contribution is 2.47. The van der Waals surface area contributed by atoms with E-state index < -0.39 is 5.60 Å². The van der Waals surface area contributed by atoms with Gasteiger partial charge in [-0.2, -0.15) is 0 Å². The minimum atomic E-state index is -0.727. The lowest BCUT2D eigenvalue weighted by atomic mass is 9.88. The van der Waals surface area contributed by atoms with Gasteiger partial charge in [0.2, 0.25) is 5.95 Å². The predicted octanol–water partition coefficient (Wildman–Crippen LogP) is 4.09. The Balaban J connectivity index is 0.000000468. The molecule has 0 amide bonds. The number of aliphatic imine (C=N–C) groups is 1. The molecular formula is C33H40N10O. The van der Waals surface area contributed by atoms with E-state index in [2.05, 4.69) is 47.5 Å². The number of anilines is 3. The van der Waals surface area contributed by atoms with Crippen LogP contribution in [0.5, 0.6) is 0 Å². The van der Waals surface area contributed by atoms with Crippen molar-refractivity contribution in [3.8, 4) is 0 Å². The predicted molar refractivity (Wildman–Crippen MR) is 171 cm³/mol. The molecule has 2 unspecified atom stereocenters. The summed E-state index contributed by atoms with van der Waals surface area (Å²) in [6.45, 7) is 5.10. The Morgan fingerprint density at radius 3 is 2.59 bits per heavy atom. The van der Waals surface area contributed by atoms with Crippen molar-refractivity contribution in [3.05, 3.63) is 90.1 Å². The van der Waals surface area contributed by atoms with Crippen molar-refractivity contribution in [2.45, 2.75) is 62.9 Å². The number of pyridine rings is 2. The largest absolute Gasteiger partial charge is 0.386 e. The number of rotatable bonds is 5. The van der Waals surface area contributed by atoms with Crippen LogP contribution in [0.4, 0.5) is 17.5 Å². The first kappa shape index (κ1) is 28.4.